The van der Waals surface area contributed by atoms with Crippen LogP contribution in [0.25, 0.3) is 21.5 Å². The second-order valence-electron chi connectivity index (χ2n) is 6.17. The third kappa shape index (κ3) is 2.93. The van der Waals surface area contributed by atoms with Crippen LogP contribution >= 0.6 is 0 Å². The summed E-state index contributed by atoms with van der Waals surface area (Å²) in [5.41, 5.74) is 2.01. The van der Waals surface area contributed by atoms with Gasteiger partial charge in [0.2, 0.25) is 0 Å². The van der Waals surface area contributed by atoms with Crippen molar-refractivity contribution in [2.45, 2.75) is 12.8 Å². The molecule has 116 valence electrons. The smallest absolute Gasteiger partial charge is 0.163 e. The fraction of sp³-hybridized carbons (Fsp3) is 0.0870. The number of hydrogen-bond acceptors (Lipinski definition) is 1. The van der Waals surface area contributed by atoms with Gasteiger partial charge in [0.15, 0.2) is 5.78 Å². The standard InChI is InChI=1S/C23H18O/c24-23(22-13-12-19-6-2-4-8-21(19)16-22)14-10-17-9-11-18-5-1-3-7-20(18)15-17/h1-9,11-13,15-16H,10,14H2. The minimum absolute atomic E-state index is 0.203. The maximum atomic E-state index is 12.5. The zero-order chi connectivity index (χ0) is 16.4. The minimum Gasteiger partial charge on any atom is -0.294 e. The topological polar surface area (TPSA) is 17.1 Å². The van der Waals surface area contributed by atoms with Crippen LogP contribution in [-0.2, 0) is 6.42 Å². The molecule has 0 fully saturated rings. The summed E-state index contributed by atoms with van der Waals surface area (Å²) >= 11 is 0. The van der Waals surface area contributed by atoms with Gasteiger partial charge in [-0.25, -0.2) is 0 Å². The first-order valence-corrected chi connectivity index (χ1v) is 8.29. The Labute approximate surface area is 141 Å². The van der Waals surface area contributed by atoms with Gasteiger partial charge in [-0.1, -0.05) is 78.9 Å². The van der Waals surface area contributed by atoms with Crippen LogP contribution in [0, 0.1) is 0 Å². The number of fused-ring (bicyclic) bond motifs is 2. The molecule has 4 aromatic carbocycles. The highest BCUT2D eigenvalue weighted by Crippen LogP contribution is 2.19. The lowest BCUT2D eigenvalue weighted by Gasteiger charge is -2.05. The lowest BCUT2D eigenvalue weighted by atomic mass is 9.99. The molecule has 0 unspecified atom stereocenters. The van der Waals surface area contributed by atoms with E-state index in [1.807, 2.05) is 42.5 Å². The van der Waals surface area contributed by atoms with Gasteiger partial charge in [0, 0.05) is 12.0 Å². The van der Waals surface area contributed by atoms with E-state index in [0.717, 1.165) is 17.4 Å². The molecule has 0 aliphatic carbocycles. The molecule has 4 rings (SSSR count). The summed E-state index contributed by atoms with van der Waals surface area (Å²) in [5, 5.41) is 4.76. The zero-order valence-corrected chi connectivity index (χ0v) is 13.4. The third-order valence-electron chi connectivity index (χ3n) is 4.53. The van der Waals surface area contributed by atoms with Gasteiger partial charge in [-0.15, -0.1) is 0 Å². The van der Waals surface area contributed by atoms with E-state index in [1.54, 1.807) is 0 Å². The van der Waals surface area contributed by atoms with Crippen LogP contribution in [-0.4, -0.2) is 5.78 Å². The fourth-order valence-electron chi connectivity index (χ4n) is 3.16. The van der Waals surface area contributed by atoms with E-state index < -0.39 is 0 Å². The summed E-state index contributed by atoms with van der Waals surface area (Å²) in [6.45, 7) is 0. The number of hydrogen-bond donors (Lipinski definition) is 0. The van der Waals surface area contributed by atoms with Gasteiger partial charge in [-0.05, 0) is 39.6 Å². The second kappa shape index (κ2) is 6.29. The highest BCUT2D eigenvalue weighted by molar-refractivity contribution is 6.00. The molecule has 0 saturated carbocycles. The summed E-state index contributed by atoms with van der Waals surface area (Å²) in [4.78, 5) is 12.5. The van der Waals surface area contributed by atoms with E-state index in [0.29, 0.717) is 6.42 Å². The van der Waals surface area contributed by atoms with Crippen molar-refractivity contribution in [3.05, 3.63) is 96.1 Å². The Morgan fingerprint density at radius 2 is 1.21 bits per heavy atom. The molecule has 0 heterocycles. The number of ketones is 1. The molecule has 0 aromatic heterocycles. The Bertz CT molecular complexity index is 1030. The first-order valence-electron chi connectivity index (χ1n) is 8.29. The number of aryl methyl sites for hydroxylation is 1. The van der Waals surface area contributed by atoms with E-state index in [4.69, 9.17) is 0 Å². The lowest BCUT2D eigenvalue weighted by Crippen LogP contribution is -2.01. The van der Waals surface area contributed by atoms with Gasteiger partial charge in [0.05, 0.1) is 0 Å². The van der Waals surface area contributed by atoms with Crippen molar-refractivity contribution < 1.29 is 4.79 Å². The van der Waals surface area contributed by atoms with Gasteiger partial charge < -0.3 is 0 Å². The van der Waals surface area contributed by atoms with E-state index in [-0.39, 0.29) is 5.78 Å². The van der Waals surface area contributed by atoms with Crippen molar-refractivity contribution in [2.75, 3.05) is 0 Å². The van der Waals surface area contributed by atoms with Crippen LogP contribution in [0.1, 0.15) is 22.3 Å². The summed E-state index contributed by atoms with van der Waals surface area (Å²) in [5.74, 6) is 0.203. The number of carbonyl (C=O) groups is 1. The summed E-state index contributed by atoms with van der Waals surface area (Å²) in [6, 6.07) is 28.9. The molecule has 1 nitrogen and oxygen atoms in total. The number of rotatable bonds is 4. The van der Waals surface area contributed by atoms with Crippen LogP contribution in [0.4, 0.5) is 0 Å². The largest absolute Gasteiger partial charge is 0.294 e. The van der Waals surface area contributed by atoms with Crippen LogP contribution in [0.3, 0.4) is 0 Å². The van der Waals surface area contributed by atoms with Crippen molar-refractivity contribution in [1.82, 2.24) is 0 Å². The minimum atomic E-state index is 0.203. The van der Waals surface area contributed by atoms with Crippen LogP contribution in [0.2, 0.25) is 0 Å². The van der Waals surface area contributed by atoms with E-state index >= 15 is 0 Å². The quantitative estimate of drug-likeness (QED) is 0.435. The molecule has 1 heteroatoms. The molecule has 0 spiro atoms. The monoisotopic (exact) mass is 310 g/mol. The molecule has 4 aromatic rings. The normalized spacial score (nSPS) is 11.0. The Balaban J connectivity index is 1.52. The Kier molecular flexibility index (Phi) is 3.84. The summed E-state index contributed by atoms with van der Waals surface area (Å²) in [7, 11) is 0. The van der Waals surface area contributed by atoms with E-state index in [1.165, 1.54) is 21.7 Å². The SMILES string of the molecule is O=C(CCc1ccc2ccccc2c1)c1ccc2ccccc2c1. The molecule has 0 N–H and O–H groups in total. The van der Waals surface area contributed by atoms with Gasteiger partial charge in [0.1, 0.15) is 0 Å². The summed E-state index contributed by atoms with van der Waals surface area (Å²) < 4.78 is 0. The van der Waals surface area contributed by atoms with Crippen molar-refractivity contribution in [3.63, 3.8) is 0 Å². The average molecular weight is 310 g/mol. The highest BCUT2D eigenvalue weighted by atomic mass is 16.1. The van der Waals surface area contributed by atoms with Crippen LogP contribution < -0.4 is 0 Å². The summed E-state index contributed by atoms with van der Waals surface area (Å²) in [6.07, 6.45) is 1.31. The molecule has 0 aliphatic rings. The molecule has 0 amide bonds. The molecule has 0 atom stereocenters. The fourth-order valence-corrected chi connectivity index (χ4v) is 3.16. The number of benzene rings is 4. The highest BCUT2D eigenvalue weighted by Gasteiger charge is 2.07. The van der Waals surface area contributed by atoms with Crippen molar-refractivity contribution >= 4 is 27.3 Å². The first-order chi connectivity index (χ1) is 11.8. The molecule has 0 bridgehead atoms. The Morgan fingerprint density at radius 3 is 1.92 bits per heavy atom. The van der Waals surface area contributed by atoms with Crippen LogP contribution in [0.5, 0.6) is 0 Å². The predicted octanol–water partition coefficient (Wildman–Crippen LogP) is 5.81. The molecule has 0 saturated heterocycles. The van der Waals surface area contributed by atoms with Crippen molar-refractivity contribution in [3.8, 4) is 0 Å². The van der Waals surface area contributed by atoms with E-state index in [9.17, 15) is 4.79 Å². The molecule has 0 aliphatic heterocycles. The first kappa shape index (κ1) is 14.6. The van der Waals surface area contributed by atoms with Crippen molar-refractivity contribution in [1.29, 1.82) is 0 Å². The van der Waals surface area contributed by atoms with Crippen molar-refractivity contribution in [2.24, 2.45) is 0 Å². The lowest BCUT2D eigenvalue weighted by molar-refractivity contribution is 0.0983. The van der Waals surface area contributed by atoms with Gasteiger partial charge >= 0.3 is 0 Å². The molecule has 24 heavy (non-hydrogen) atoms. The molecular weight excluding hydrogens is 292 g/mol. The van der Waals surface area contributed by atoms with Gasteiger partial charge in [0.25, 0.3) is 0 Å². The number of Topliss-reactive ketones (excluding diaryl/α,β-unsaturated/α-hetero) is 1. The Morgan fingerprint density at radius 1 is 0.625 bits per heavy atom. The maximum absolute atomic E-state index is 12.5. The zero-order valence-electron chi connectivity index (χ0n) is 13.4. The molecule has 0 radical (unpaired) electrons. The predicted molar refractivity (Wildman–Crippen MR) is 101 cm³/mol. The van der Waals surface area contributed by atoms with E-state index in [2.05, 4.69) is 42.5 Å². The van der Waals surface area contributed by atoms with Gasteiger partial charge in [-0.3, -0.25) is 4.79 Å². The van der Waals surface area contributed by atoms with Crippen LogP contribution in [0.15, 0.2) is 84.9 Å². The van der Waals surface area contributed by atoms with Gasteiger partial charge in [-0.2, -0.15) is 0 Å². The average Bonchev–Trinajstić information content (AvgIpc) is 2.65. The number of carbonyl (C=O) groups excluding carboxylic acids is 1. The third-order valence-corrected chi connectivity index (χ3v) is 4.53. The second-order valence-corrected chi connectivity index (χ2v) is 6.17. The maximum Gasteiger partial charge on any atom is 0.163 e. The molecular formula is C23H18O. The Hall–Kier alpha value is -2.93.